The Balaban J connectivity index is 1.42. The van der Waals surface area contributed by atoms with Gasteiger partial charge in [0.1, 0.15) is 11.6 Å². The minimum absolute atomic E-state index is 0.173. The van der Waals surface area contributed by atoms with Crippen LogP contribution in [0, 0.1) is 17.2 Å². The molecule has 33 heavy (non-hydrogen) atoms. The van der Waals surface area contributed by atoms with Crippen LogP contribution in [0.25, 0.3) is 21.9 Å². The lowest BCUT2D eigenvalue weighted by Gasteiger charge is -2.53. The highest BCUT2D eigenvalue weighted by Gasteiger charge is 2.49. The molecule has 172 valence electrons. The van der Waals surface area contributed by atoms with E-state index in [0.717, 1.165) is 66.5 Å². The monoisotopic (exact) mass is 449 g/mol. The van der Waals surface area contributed by atoms with E-state index in [-0.39, 0.29) is 17.5 Å². The molecule has 2 aromatic carbocycles. The van der Waals surface area contributed by atoms with Crippen molar-refractivity contribution >= 4 is 10.8 Å². The Morgan fingerprint density at radius 1 is 1.00 bits per heavy atom. The van der Waals surface area contributed by atoms with E-state index >= 15 is 0 Å². The summed E-state index contributed by atoms with van der Waals surface area (Å²) in [5.74, 6) is 1.22. The number of phenols is 1. The summed E-state index contributed by atoms with van der Waals surface area (Å²) in [6.07, 6.45) is 4.04. The summed E-state index contributed by atoms with van der Waals surface area (Å²) in [6.45, 7) is 3.76. The van der Waals surface area contributed by atoms with E-state index in [2.05, 4.69) is 0 Å². The molecule has 1 N–H and O–H groups in total. The van der Waals surface area contributed by atoms with Gasteiger partial charge in [0.05, 0.1) is 25.5 Å². The highest BCUT2D eigenvalue weighted by atomic mass is 19.1. The van der Waals surface area contributed by atoms with Gasteiger partial charge in [-0.3, -0.25) is 0 Å². The van der Waals surface area contributed by atoms with Gasteiger partial charge in [0.25, 0.3) is 0 Å². The number of ether oxygens (including phenoxy) is 3. The van der Waals surface area contributed by atoms with E-state index in [0.29, 0.717) is 37.0 Å². The maximum atomic E-state index is 13.7. The van der Waals surface area contributed by atoms with Crippen LogP contribution in [0.15, 0.2) is 42.5 Å². The van der Waals surface area contributed by atoms with E-state index in [9.17, 15) is 9.50 Å². The first kappa shape index (κ1) is 20.9. The molecule has 1 spiro atoms. The molecule has 3 aliphatic rings. The molecule has 6 rings (SSSR count). The van der Waals surface area contributed by atoms with Crippen molar-refractivity contribution in [2.75, 3.05) is 33.0 Å². The second-order valence-electron chi connectivity index (χ2n) is 9.88. The number of nitrogens with zero attached hydrogens (tertiary/aromatic N) is 1. The topological polar surface area (TPSA) is 60.8 Å². The lowest BCUT2D eigenvalue weighted by molar-refractivity contribution is -0.183. The van der Waals surface area contributed by atoms with Crippen LogP contribution in [-0.4, -0.2) is 43.1 Å². The normalized spacial score (nSPS) is 20.5. The average molecular weight is 450 g/mol. The molecule has 0 bridgehead atoms. The Morgan fingerprint density at radius 3 is 2.45 bits per heavy atom. The van der Waals surface area contributed by atoms with Crippen LogP contribution in [0.4, 0.5) is 4.39 Å². The van der Waals surface area contributed by atoms with Crippen molar-refractivity contribution in [3.63, 3.8) is 0 Å². The lowest BCUT2D eigenvalue weighted by Crippen LogP contribution is -2.53. The van der Waals surface area contributed by atoms with Crippen LogP contribution in [0.3, 0.4) is 0 Å². The van der Waals surface area contributed by atoms with Crippen LogP contribution in [0.5, 0.6) is 11.6 Å². The van der Waals surface area contributed by atoms with Crippen LogP contribution in [-0.2, 0) is 9.47 Å². The second-order valence-corrected chi connectivity index (χ2v) is 9.88. The highest BCUT2D eigenvalue weighted by molar-refractivity contribution is 6.01. The SMILES string of the molecule is Oc1ccc2c(-c3ccc(F)cc3)c(C3CCOCC3)nc(OCC3CC4(COC4)C3)c2c1. The minimum atomic E-state index is -0.267. The highest BCUT2D eigenvalue weighted by Crippen LogP contribution is 2.51. The number of pyridine rings is 1. The van der Waals surface area contributed by atoms with Crippen molar-refractivity contribution in [2.24, 2.45) is 11.3 Å². The number of halogens is 1. The summed E-state index contributed by atoms with van der Waals surface area (Å²) >= 11 is 0. The van der Waals surface area contributed by atoms with Gasteiger partial charge >= 0.3 is 0 Å². The molecule has 6 heteroatoms. The summed E-state index contributed by atoms with van der Waals surface area (Å²) in [5, 5.41) is 12.0. The molecule has 1 aromatic heterocycles. The van der Waals surface area contributed by atoms with Crippen molar-refractivity contribution in [3.8, 4) is 22.8 Å². The van der Waals surface area contributed by atoms with Gasteiger partial charge in [-0.1, -0.05) is 12.1 Å². The number of aromatic hydroxyl groups is 1. The molecule has 3 fully saturated rings. The molecule has 5 nitrogen and oxygen atoms in total. The molecule has 1 aliphatic carbocycles. The number of hydrogen-bond acceptors (Lipinski definition) is 5. The van der Waals surface area contributed by atoms with Gasteiger partial charge in [-0.15, -0.1) is 0 Å². The zero-order valence-electron chi connectivity index (χ0n) is 18.6. The van der Waals surface area contributed by atoms with E-state index in [1.807, 2.05) is 6.07 Å². The fourth-order valence-corrected chi connectivity index (χ4v) is 5.69. The molecule has 0 radical (unpaired) electrons. The molecule has 0 unspecified atom stereocenters. The number of phenolic OH excluding ortho intramolecular Hbond substituents is 1. The Kier molecular flexibility index (Phi) is 5.23. The molecule has 2 aliphatic heterocycles. The fourth-order valence-electron chi connectivity index (χ4n) is 5.69. The lowest BCUT2D eigenvalue weighted by atomic mass is 9.61. The molecular weight excluding hydrogens is 421 g/mol. The number of benzene rings is 2. The van der Waals surface area contributed by atoms with E-state index < -0.39 is 0 Å². The molecule has 1 saturated carbocycles. The quantitative estimate of drug-likeness (QED) is 0.562. The summed E-state index contributed by atoms with van der Waals surface area (Å²) < 4.78 is 31.0. The summed E-state index contributed by atoms with van der Waals surface area (Å²) in [5.41, 5.74) is 3.26. The number of hydrogen-bond donors (Lipinski definition) is 1. The van der Waals surface area contributed by atoms with Gasteiger partial charge in [0.2, 0.25) is 5.88 Å². The van der Waals surface area contributed by atoms with Crippen molar-refractivity contribution in [3.05, 3.63) is 54.0 Å². The van der Waals surface area contributed by atoms with Gasteiger partial charge in [-0.05, 0) is 72.9 Å². The molecular formula is C27H28FNO4. The number of fused-ring (bicyclic) bond motifs is 1. The van der Waals surface area contributed by atoms with Crippen LogP contribution >= 0.6 is 0 Å². The zero-order valence-corrected chi connectivity index (χ0v) is 18.6. The Hall–Kier alpha value is -2.70. The Bertz CT molecular complexity index is 1160. The van der Waals surface area contributed by atoms with Gasteiger partial charge in [-0.2, -0.15) is 0 Å². The Labute approximate surface area is 192 Å². The smallest absolute Gasteiger partial charge is 0.221 e. The zero-order chi connectivity index (χ0) is 22.4. The molecule has 3 aromatic rings. The third kappa shape index (κ3) is 3.85. The summed E-state index contributed by atoms with van der Waals surface area (Å²) in [4.78, 5) is 5.06. The van der Waals surface area contributed by atoms with Gasteiger partial charge in [0.15, 0.2) is 0 Å². The minimum Gasteiger partial charge on any atom is -0.508 e. The third-order valence-electron chi connectivity index (χ3n) is 7.44. The van der Waals surface area contributed by atoms with E-state index in [1.54, 1.807) is 24.3 Å². The third-order valence-corrected chi connectivity index (χ3v) is 7.44. The van der Waals surface area contributed by atoms with Crippen molar-refractivity contribution in [1.29, 1.82) is 0 Å². The van der Waals surface area contributed by atoms with Crippen molar-refractivity contribution in [2.45, 2.75) is 31.6 Å². The largest absolute Gasteiger partial charge is 0.508 e. The number of rotatable bonds is 5. The van der Waals surface area contributed by atoms with Crippen LogP contribution in [0.1, 0.15) is 37.3 Å². The van der Waals surface area contributed by atoms with Gasteiger partial charge in [0, 0.05) is 35.5 Å². The summed E-state index contributed by atoms with van der Waals surface area (Å²) in [6, 6.07) is 11.9. The first-order valence-corrected chi connectivity index (χ1v) is 11.8. The fraction of sp³-hybridized carbons (Fsp3) is 0.444. The van der Waals surface area contributed by atoms with Crippen molar-refractivity contribution in [1.82, 2.24) is 4.98 Å². The van der Waals surface area contributed by atoms with Crippen LogP contribution < -0.4 is 4.74 Å². The maximum Gasteiger partial charge on any atom is 0.221 e. The van der Waals surface area contributed by atoms with E-state index in [1.165, 1.54) is 12.1 Å². The van der Waals surface area contributed by atoms with Crippen molar-refractivity contribution < 1.29 is 23.7 Å². The predicted octanol–water partition coefficient (Wildman–Crippen LogP) is 5.45. The number of aromatic nitrogens is 1. The molecule has 3 heterocycles. The van der Waals surface area contributed by atoms with E-state index in [4.69, 9.17) is 19.2 Å². The summed E-state index contributed by atoms with van der Waals surface area (Å²) in [7, 11) is 0. The first-order chi connectivity index (χ1) is 16.1. The standard InChI is InChI=1S/C27H28FNO4/c28-20-3-1-18(2-4-20)24-22-6-5-21(30)11-23(22)26(29-25(24)19-7-9-31-10-8-19)33-14-17-12-27(13-17)15-32-16-27/h1-6,11,17,19,30H,7-10,12-16H2. The maximum absolute atomic E-state index is 13.7. The Morgan fingerprint density at radius 2 is 1.76 bits per heavy atom. The van der Waals surface area contributed by atoms with Gasteiger partial charge in [-0.25, -0.2) is 9.37 Å². The van der Waals surface area contributed by atoms with Crippen LogP contribution in [0.2, 0.25) is 0 Å². The molecule has 0 amide bonds. The first-order valence-electron chi connectivity index (χ1n) is 11.8. The average Bonchev–Trinajstić information content (AvgIpc) is 2.78. The van der Waals surface area contributed by atoms with Gasteiger partial charge < -0.3 is 19.3 Å². The molecule has 2 saturated heterocycles. The second kappa shape index (κ2) is 8.26. The molecule has 0 atom stereocenters. The predicted molar refractivity (Wildman–Crippen MR) is 123 cm³/mol.